The fourth-order valence-electron chi connectivity index (χ4n) is 4.61. The first-order valence-corrected chi connectivity index (χ1v) is 12.8. The summed E-state index contributed by atoms with van der Waals surface area (Å²) in [5.74, 6) is 1.85. The molecule has 34 heavy (non-hydrogen) atoms. The Labute approximate surface area is 203 Å². The van der Waals surface area contributed by atoms with Crippen LogP contribution in [-0.4, -0.2) is 50.3 Å². The van der Waals surface area contributed by atoms with E-state index in [0.717, 1.165) is 87.7 Å². The lowest BCUT2D eigenvalue weighted by Gasteiger charge is -2.19. The number of pyridine rings is 1. The number of nitrogens with one attached hydrogen (secondary N) is 3. The first kappa shape index (κ1) is 24.5. The Morgan fingerprint density at radius 1 is 1.15 bits per heavy atom. The van der Waals surface area contributed by atoms with Gasteiger partial charge in [-0.05, 0) is 87.5 Å². The van der Waals surface area contributed by atoms with Crippen molar-refractivity contribution in [3.63, 3.8) is 0 Å². The number of rotatable bonds is 13. The number of aryl methyl sites for hydroxylation is 2. The van der Waals surface area contributed by atoms with E-state index in [-0.39, 0.29) is 12.0 Å². The van der Waals surface area contributed by atoms with Crippen LogP contribution in [-0.2, 0) is 28.8 Å². The summed E-state index contributed by atoms with van der Waals surface area (Å²) < 4.78 is 10.9. The van der Waals surface area contributed by atoms with Gasteiger partial charge < -0.3 is 25.4 Å². The second-order valence-electron chi connectivity index (χ2n) is 9.03. The zero-order chi connectivity index (χ0) is 23.6. The number of benzene rings is 1. The third-order valence-corrected chi connectivity index (χ3v) is 6.46. The van der Waals surface area contributed by atoms with E-state index in [1.165, 1.54) is 17.5 Å². The molecule has 7 nitrogen and oxygen atoms in total. The van der Waals surface area contributed by atoms with Crippen LogP contribution in [0.15, 0.2) is 30.3 Å². The zero-order valence-electron chi connectivity index (χ0n) is 20.3. The summed E-state index contributed by atoms with van der Waals surface area (Å²) in [6.45, 7) is 6.74. The van der Waals surface area contributed by atoms with Crippen LogP contribution in [0.1, 0.15) is 61.0 Å². The first-order chi connectivity index (χ1) is 16.7. The topological polar surface area (TPSA) is 84.5 Å². The Balaban J connectivity index is 1.16. The summed E-state index contributed by atoms with van der Waals surface area (Å²) >= 11 is 0. The van der Waals surface area contributed by atoms with Crippen LogP contribution in [0.3, 0.4) is 0 Å². The molecular weight excluding hydrogens is 428 g/mol. The summed E-state index contributed by atoms with van der Waals surface area (Å²) in [6.07, 6.45) is 6.65. The van der Waals surface area contributed by atoms with E-state index in [1.54, 1.807) is 0 Å². The van der Waals surface area contributed by atoms with Crippen LogP contribution in [0.2, 0.25) is 0 Å². The molecule has 4 rings (SSSR count). The molecule has 2 aliphatic heterocycles. The maximum Gasteiger partial charge on any atom is 0.307 e. The van der Waals surface area contributed by atoms with Gasteiger partial charge in [0.1, 0.15) is 11.6 Å². The standard InChI is InChI=1S/C27H38N4O3/c1-2-33-26(32)19-24(22-9-8-20-12-17-34-25(20)18-22)29-16-5-14-28-13-4-7-23-11-10-21-6-3-15-30-27(21)31-23/h8-11,18,24,28-29H,2-7,12-17,19H2,1H3,(H,30,31)/t24-/m0/s1. The number of carbonyl (C=O) groups is 1. The summed E-state index contributed by atoms with van der Waals surface area (Å²) in [4.78, 5) is 16.9. The van der Waals surface area contributed by atoms with Crippen LogP contribution in [0, 0.1) is 0 Å². The maximum absolute atomic E-state index is 12.1. The van der Waals surface area contributed by atoms with Gasteiger partial charge in [-0.3, -0.25) is 4.79 Å². The second kappa shape index (κ2) is 12.7. The fourth-order valence-corrected chi connectivity index (χ4v) is 4.61. The van der Waals surface area contributed by atoms with Crippen molar-refractivity contribution in [1.82, 2.24) is 15.6 Å². The molecule has 2 aromatic rings. The predicted molar refractivity (Wildman–Crippen MR) is 134 cm³/mol. The highest BCUT2D eigenvalue weighted by Crippen LogP contribution is 2.30. The lowest BCUT2D eigenvalue weighted by molar-refractivity contribution is -0.143. The van der Waals surface area contributed by atoms with Crippen LogP contribution < -0.4 is 20.7 Å². The summed E-state index contributed by atoms with van der Waals surface area (Å²) in [6, 6.07) is 10.6. The van der Waals surface area contributed by atoms with Crippen molar-refractivity contribution >= 4 is 11.8 Å². The highest BCUT2D eigenvalue weighted by molar-refractivity contribution is 5.70. The number of aromatic nitrogens is 1. The van der Waals surface area contributed by atoms with Crippen LogP contribution in [0.5, 0.6) is 5.75 Å². The average molecular weight is 467 g/mol. The molecular formula is C27H38N4O3. The summed E-state index contributed by atoms with van der Waals surface area (Å²) in [7, 11) is 0. The van der Waals surface area contributed by atoms with Crippen molar-refractivity contribution < 1.29 is 14.3 Å². The number of hydrogen-bond donors (Lipinski definition) is 3. The molecule has 0 aliphatic carbocycles. The molecule has 0 amide bonds. The van der Waals surface area contributed by atoms with Gasteiger partial charge in [0.15, 0.2) is 0 Å². The van der Waals surface area contributed by atoms with E-state index in [0.29, 0.717) is 13.0 Å². The van der Waals surface area contributed by atoms with Crippen molar-refractivity contribution in [2.24, 2.45) is 0 Å². The van der Waals surface area contributed by atoms with Crippen molar-refractivity contribution in [2.45, 2.75) is 57.9 Å². The van der Waals surface area contributed by atoms with Gasteiger partial charge in [0, 0.05) is 24.7 Å². The molecule has 1 aromatic heterocycles. The largest absolute Gasteiger partial charge is 0.493 e. The van der Waals surface area contributed by atoms with Gasteiger partial charge in [-0.15, -0.1) is 0 Å². The van der Waals surface area contributed by atoms with E-state index in [1.807, 2.05) is 6.92 Å². The smallest absolute Gasteiger partial charge is 0.307 e. The number of nitrogens with zero attached hydrogens (tertiary/aromatic N) is 1. The number of hydrogen-bond acceptors (Lipinski definition) is 7. The minimum Gasteiger partial charge on any atom is -0.493 e. The predicted octanol–water partition coefficient (Wildman–Crippen LogP) is 3.57. The Morgan fingerprint density at radius 3 is 2.94 bits per heavy atom. The molecule has 3 heterocycles. The molecule has 0 bridgehead atoms. The third kappa shape index (κ3) is 6.93. The van der Waals surface area contributed by atoms with Gasteiger partial charge in [-0.1, -0.05) is 18.2 Å². The average Bonchev–Trinajstić information content (AvgIpc) is 3.33. The van der Waals surface area contributed by atoms with Gasteiger partial charge in [0.25, 0.3) is 0 Å². The molecule has 0 spiro atoms. The third-order valence-electron chi connectivity index (χ3n) is 6.46. The maximum atomic E-state index is 12.1. The molecule has 1 aromatic carbocycles. The van der Waals surface area contributed by atoms with E-state index < -0.39 is 0 Å². The van der Waals surface area contributed by atoms with E-state index in [2.05, 4.69) is 46.3 Å². The van der Waals surface area contributed by atoms with Crippen LogP contribution >= 0.6 is 0 Å². The molecule has 7 heteroatoms. The van der Waals surface area contributed by atoms with Crippen molar-refractivity contribution in [1.29, 1.82) is 0 Å². The highest BCUT2D eigenvalue weighted by Gasteiger charge is 2.20. The molecule has 0 saturated carbocycles. The number of anilines is 1. The van der Waals surface area contributed by atoms with Gasteiger partial charge in [-0.2, -0.15) is 0 Å². The van der Waals surface area contributed by atoms with Gasteiger partial charge in [-0.25, -0.2) is 4.98 Å². The summed E-state index contributed by atoms with van der Waals surface area (Å²) in [5.41, 5.74) is 4.82. The minimum absolute atomic E-state index is 0.0720. The Morgan fingerprint density at radius 2 is 2.03 bits per heavy atom. The second-order valence-corrected chi connectivity index (χ2v) is 9.03. The summed E-state index contributed by atoms with van der Waals surface area (Å²) in [5, 5.41) is 10.5. The number of ether oxygens (including phenoxy) is 2. The minimum atomic E-state index is -0.175. The lowest BCUT2D eigenvalue weighted by atomic mass is 10.0. The number of carbonyl (C=O) groups excluding carboxylic acids is 1. The van der Waals surface area contributed by atoms with E-state index >= 15 is 0 Å². The van der Waals surface area contributed by atoms with Gasteiger partial charge in [0.05, 0.1) is 19.6 Å². The Hall–Kier alpha value is -2.64. The SMILES string of the molecule is CCOC(=O)C[C@H](NCCCNCCCc1ccc2c(n1)NCCC2)c1ccc2c(c1)OCC2. The lowest BCUT2D eigenvalue weighted by Crippen LogP contribution is -2.28. The fraction of sp³-hybridized carbons (Fsp3) is 0.556. The molecule has 184 valence electrons. The van der Waals surface area contributed by atoms with Crippen molar-refractivity contribution in [2.75, 3.05) is 44.7 Å². The Bertz CT molecular complexity index is 949. The number of esters is 1. The zero-order valence-corrected chi connectivity index (χ0v) is 20.3. The quantitative estimate of drug-likeness (QED) is 0.307. The van der Waals surface area contributed by atoms with Gasteiger partial charge in [0.2, 0.25) is 0 Å². The van der Waals surface area contributed by atoms with E-state index in [9.17, 15) is 4.79 Å². The van der Waals surface area contributed by atoms with Gasteiger partial charge >= 0.3 is 5.97 Å². The Kier molecular flexibility index (Phi) is 9.16. The highest BCUT2D eigenvalue weighted by atomic mass is 16.5. The molecule has 2 aliphatic rings. The van der Waals surface area contributed by atoms with Crippen molar-refractivity contribution in [3.8, 4) is 5.75 Å². The van der Waals surface area contributed by atoms with Crippen molar-refractivity contribution in [3.05, 3.63) is 52.7 Å². The normalized spacial score (nSPS) is 15.1. The molecule has 0 fully saturated rings. The van der Waals surface area contributed by atoms with Crippen LogP contribution in [0.25, 0.3) is 0 Å². The molecule has 0 saturated heterocycles. The van der Waals surface area contributed by atoms with Crippen LogP contribution in [0.4, 0.5) is 5.82 Å². The molecule has 0 unspecified atom stereocenters. The molecule has 1 atom stereocenters. The monoisotopic (exact) mass is 466 g/mol. The molecule has 0 radical (unpaired) electrons. The van der Waals surface area contributed by atoms with E-state index in [4.69, 9.17) is 14.5 Å². The molecule has 3 N–H and O–H groups in total. The number of fused-ring (bicyclic) bond motifs is 2. The first-order valence-electron chi connectivity index (χ1n) is 12.8.